The third-order valence-corrected chi connectivity index (χ3v) is 3.71. The van der Waals surface area contributed by atoms with Gasteiger partial charge in [0.15, 0.2) is 0 Å². The Morgan fingerprint density at radius 3 is 2.29 bits per heavy atom. The summed E-state index contributed by atoms with van der Waals surface area (Å²) in [5.74, 6) is -1.55. The third kappa shape index (κ3) is 7.00. The zero-order valence-corrected chi connectivity index (χ0v) is 14.6. The lowest BCUT2D eigenvalue weighted by molar-refractivity contribution is -0.137. The second-order valence-corrected chi connectivity index (χ2v) is 6.28. The molecule has 2 amide bonds. The van der Waals surface area contributed by atoms with Gasteiger partial charge in [0.2, 0.25) is 5.91 Å². The van der Waals surface area contributed by atoms with Crippen molar-refractivity contribution in [1.82, 2.24) is 10.6 Å². The Kier molecular flexibility index (Phi) is 8.26. The average Bonchev–Trinajstić information content (AvgIpc) is 2.51. The summed E-state index contributed by atoms with van der Waals surface area (Å²) in [5, 5.41) is 14.6. The molecule has 0 aromatic heterocycles. The van der Waals surface area contributed by atoms with Gasteiger partial charge in [-0.25, -0.2) is 0 Å². The highest BCUT2D eigenvalue weighted by Crippen LogP contribution is 2.10. The molecule has 1 rings (SSSR count). The quantitative estimate of drug-likeness (QED) is 0.593. The van der Waals surface area contributed by atoms with Crippen LogP contribution in [0.25, 0.3) is 0 Å². The first-order valence-electron chi connectivity index (χ1n) is 7.87. The third-order valence-electron chi connectivity index (χ3n) is 3.46. The van der Waals surface area contributed by atoms with Crippen LogP contribution in [0.3, 0.4) is 0 Å². The lowest BCUT2D eigenvalue weighted by atomic mass is 10.0. The fourth-order valence-corrected chi connectivity index (χ4v) is 2.21. The van der Waals surface area contributed by atoms with Gasteiger partial charge in [-0.1, -0.05) is 25.4 Å². The van der Waals surface area contributed by atoms with Gasteiger partial charge in [0.05, 0.1) is 0 Å². The molecule has 0 bridgehead atoms. The van der Waals surface area contributed by atoms with Gasteiger partial charge in [-0.15, -0.1) is 0 Å². The van der Waals surface area contributed by atoms with Gasteiger partial charge in [-0.05, 0) is 43.0 Å². The monoisotopic (exact) mass is 354 g/mol. The largest absolute Gasteiger partial charge is 0.481 e. The maximum atomic E-state index is 12.2. The van der Waals surface area contributed by atoms with E-state index in [2.05, 4.69) is 10.6 Å². The maximum Gasteiger partial charge on any atom is 0.303 e. The van der Waals surface area contributed by atoms with E-state index in [4.69, 9.17) is 16.7 Å². The number of halogens is 1. The molecule has 0 fully saturated rings. The Hall–Kier alpha value is -2.08. The zero-order chi connectivity index (χ0) is 18.1. The zero-order valence-electron chi connectivity index (χ0n) is 13.8. The summed E-state index contributed by atoms with van der Waals surface area (Å²) < 4.78 is 0. The van der Waals surface area contributed by atoms with Crippen molar-refractivity contribution in [1.29, 1.82) is 0 Å². The van der Waals surface area contributed by atoms with Gasteiger partial charge in [-0.2, -0.15) is 0 Å². The number of unbranched alkanes of at least 4 members (excludes halogenated alkanes) is 1. The number of carbonyl (C=O) groups is 3. The number of carbonyl (C=O) groups excluding carboxylic acids is 2. The number of nitrogens with one attached hydrogen (secondary N) is 2. The minimum atomic E-state index is -0.850. The molecule has 0 aliphatic carbocycles. The first-order valence-corrected chi connectivity index (χ1v) is 8.25. The molecule has 24 heavy (non-hydrogen) atoms. The molecule has 1 atom stereocenters. The molecular weight excluding hydrogens is 332 g/mol. The normalized spacial score (nSPS) is 11.8. The molecule has 0 saturated carbocycles. The van der Waals surface area contributed by atoms with E-state index in [9.17, 15) is 14.4 Å². The Bertz CT molecular complexity index is 572. The van der Waals surface area contributed by atoms with Crippen LogP contribution in [-0.4, -0.2) is 35.5 Å². The number of hydrogen-bond donors (Lipinski definition) is 3. The number of aliphatic carboxylic acids is 1. The van der Waals surface area contributed by atoms with E-state index in [-0.39, 0.29) is 24.2 Å². The fourth-order valence-electron chi connectivity index (χ4n) is 2.08. The molecular formula is C17H23ClN2O4. The predicted molar refractivity (Wildman–Crippen MR) is 92.0 cm³/mol. The summed E-state index contributed by atoms with van der Waals surface area (Å²) in [6, 6.07) is 5.76. The average molecular weight is 355 g/mol. The summed E-state index contributed by atoms with van der Waals surface area (Å²) in [7, 11) is 0. The summed E-state index contributed by atoms with van der Waals surface area (Å²) in [6.07, 6.45) is 1.16. The minimum Gasteiger partial charge on any atom is -0.481 e. The number of carboxylic acid groups (broad SMARTS) is 1. The second kappa shape index (κ2) is 9.93. The highest BCUT2D eigenvalue weighted by atomic mass is 35.5. The van der Waals surface area contributed by atoms with Crippen LogP contribution < -0.4 is 10.6 Å². The number of hydrogen-bond acceptors (Lipinski definition) is 3. The summed E-state index contributed by atoms with van der Waals surface area (Å²) in [6.45, 7) is 4.07. The highest BCUT2D eigenvalue weighted by Gasteiger charge is 2.24. The van der Waals surface area contributed by atoms with E-state index >= 15 is 0 Å². The van der Waals surface area contributed by atoms with Crippen molar-refractivity contribution in [2.45, 2.75) is 39.2 Å². The maximum absolute atomic E-state index is 12.2. The number of carboxylic acids is 1. The first kappa shape index (κ1) is 20.0. The molecule has 0 unspecified atom stereocenters. The van der Waals surface area contributed by atoms with E-state index in [1.54, 1.807) is 24.3 Å². The molecule has 0 radical (unpaired) electrons. The van der Waals surface area contributed by atoms with Crippen molar-refractivity contribution in [2.24, 2.45) is 5.92 Å². The lowest BCUT2D eigenvalue weighted by Crippen LogP contribution is -2.49. The van der Waals surface area contributed by atoms with Crippen molar-refractivity contribution in [2.75, 3.05) is 6.54 Å². The molecule has 0 aliphatic rings. The van der Waals surface area contributed by atoms with Crippen molar-refractivity contribution in [3.8, 4) is 0 Å². The van der Waals surface area contributed by atoms with E-state index in [0.29, 0.717) is 30.0 Å². The van der Waals surface area contributed by atoms with Gasteiger partial charge in [0, 0.05) is 23.6 Å². The Morgan fingerprint density at radius 2 is 1.75 bits per heavy atom. The first-order chi connectivity index (χ1) is 11.3. The SMILES string of the molecule is CC(C)[C@H](NC(=O)c1ccc(Cl)cc1)C(=O)NCCCCC(=O)O. The van der Waals surface area contributed by atoms with E-state index in [1.807, 2.05) is 13.8 Å². The highest BCUT2D eigenvalue weighted by molar-refractivity contribution is 6.30. The van der Waals surface area contributed by atoms with Gasteiger partial charge >= 0.3 is 5.97 Å². The van der Waals surface area contributed by atoms with Crippen molar-refractivity contribution < 1.29 is 19.5 Å². The number of benzene rings is 1. The fraction of sp³-hybridized carbons (Fsp3) is 0.471. The Morgan fingerprint density at radius 1 is 1.12 bits per heavy atom. The smallest absolute Gasteiger partial charge is 0.303 e. The van der Waals surface area contributed by atoms with Gasteiger partial charge in [0.25, 0.3) is 5.91 Å². The molecule has 0 spiro atoms. The number of rotatable bonds is 9. The van der Waals surface area contributed by atoms with E-state index < -0.39 is 12.0 Å². The van der Waals surface area contributed by atoms with Crippen LogP contribution >= 0.6 is 11.6 Å². The second-order valence-electron chi connectivity index (χ2n) is 5.84. The molecule has 1 aromatic carbocycles. The topological polar surface area (TPSA) is 95.5 Å². The lowest BCUT2D eigenvalue weighted by Gasteiger charge is -2.21. The van der Waals surface area contributed by atoms with Crippen LogP contribution in [0.2, 0.25) is 5.02 Å². The summed E-state index contributed by atoms with van der Waals surface area (Å²) in [5.41, 5.74) is 0.430. The van der Waals surface area contributed by atoms with Gasteiger partial charge < -0.3 is 15.7 Å². The van der Waals surface area contributed by atoms with Crippen LogP contribution in [0.5, 0.6) is 0 Å². The van der Waals surface area contributed by atoms with Crippen LogP contribution in [0.1, 0.15) is 43.5 Å². The Balaban J connectivity index is 2.53. The van der Waals surface area contributed by atoms with Crippen LogP contribution in [0.15, 0.2) is 24.3 Å². The predicted octanol–water partition coefficient (Wildman–Crippen LogP) is 2.47. The summed E-state index contributed by atoms with van der Waals surface area (Å²) >= 11 is 5.79. The molecule has 0 aliphatic heterocycles. The summed E-state index contributed by atoms with van der Waals surface area (Å²) in [4.78, 5) is 34.9. The molecule has 132 valence electrons. The molecule has 7 heteroatoms. The molecule has 1 aromatic rings. The standard InChI is InChI=1S/C17H23ClN2O4/c1-11(2)15(17(24)19-10-4-3-5-14(21)22)20-16(23)12-6-8-13(18)9-7-12/h6-9,11,15H,3-5,10H2,1-2H3,(H,19,24)(H,20,23)(H,21,22)/t15-/m0/s1. The molecule has 3 N–H and O–H groups in total. The Labute approximate surface area is 146 Å². The van der Waals surface area contributed by atoms with Gasteiger partial charge in [0.1, 0.15) is 6.04 Å². The van der Waals surface area contributed by atoms with E-state index in [1.165, 1.54) is 0 Å². The van der Waals surface area contributed by atoms with E-state index in [0.717, 1.165) is 0 Å². The molecule has 0 saturated heterocycles. The molecule has 6 nitrogen and oxygen atoms in total. The van der Waals surface area contributed by atoms with Gasteiger partial charge in [-0.3, -0.25) is 14.4 Å². The van der Waals surface area contributed by atoms with Crippen molar-refractivity contribution in [3.05, 3.63) is 34.9 Å². The molecule has 0 heterocycles. The minimum absolute atomic E-state index is 0.0801. The van der Waals surface area contributed by atoms with Crippen molar-refractivity contribution in [3.63, 3.8) is 0 Å². The van der Waals surface area contributed by atoms with Crippen LogP contribution in [0.4, 0.5) is 0 Å². The number of amides is 2. The van der Waals surface area contributed by atoms with Crippen LogP contribution in [-0.2, 0) is 9.59 Å². The van der Waals surface area contributed by atoms with Crippen molar-refractivity contribution >= 4 is 29.4 Å². The van der Waals surface area contributed by atoms with Crippen LogP contribution in [0, 0.1) is 5.92 Å².